The maximum Gasteiger partial charge on any atom is 2.00 e. The maximum absolute atomic E-state index is 5.30. The van der Waals surface area contributed by atoms with Crippen LogP contribution in [0.2, 0.25) is 0 Å². The Morgan fingerprint density at radius 3 is 2.32 bits per heavy atom. The van der Waals surface area contributed by atoms with Crippen LogP contribution in [0.15, 0.2) is 5.10 Å². The Kier molecular flexibility index (Phi) is 12.6. The summed E-state index contributed by atoms with van der Waals surface area (Å²) in [5.41, 5.74) is 1.18. The normalized spacial score (nSPS) is 25.5. The van der Waals surface area contributed by atoms with Crippen molar-refractivity contribution in [1.29, 1.82) is 0 Å². The van der Waals surface area contributed by atoms with E-state index in [1.807, 2.05) is 43.9 Å². The zero-order valence-corrected chi connectivity index (χ0v) is 17.2. The second-order valence-electron chi connectivity index (χ2n) is 5.91. The van der Waals surface area contributed by atoms with Gasteiger partial charge in [0.15, 0.2) is 0 Å². The number of hydrazone groups is 1. The second-order valence-corrected chi connectivity index (χ2v) is 7.09. The molecule has 2 aliphatic carbocycles. The van der Waals surface area contributed by atoms with Gasteiger partial charge in [0.2, 0.25) is 0 Å². The average molecular weight is 400 g/mol. The van der Waals surface area contributed by atoms with Crippen molar-refractivity contribution in [3.63, 3.8) is 0 Å². The van der Waals surface area contributed by atoms with E-state index >= 15 is 0 Å². The largest absolute Gasteiger partial charge is 2.00 e. The van der Waals surface area contributed by atoms with E-state index in [1.54, 1.807) is 7.11 Å². The fraction of sp³-hybridized carbons (Fsp3) is 0.450. The van der Waals surface area contributed by atoms with Crippen LogP contribution in [-0.4, -0.2) is 48.5 Å². The van der Waals surface area contributed by atoms with Gasteiger partial charge in [0.25, 0.3) is 0 Å². The SMILES string of the molecule is COC[C@@H]1CCCN1/N=C(/[C]1[CH][CH][CH][CH]1)[C@@H](C)SC.[CH]1[CH][CH][CH][CH]1.[Fe+2]. The third kappa shape index (κ3) is 7.82. The molecule has 0 aromatic rings. The second kappa shape index (κ2) is 13.5. The van der Waals surface area contributed by atoms with Gasteiger partial charge in [0.05, 0.1) is 18.4 Å². The van der Waals surface area contributed by atoms with Gasteiger partial charge < -0.3 is 4.74 Å². The number of methoxy groups -OCH3 is 1. The van der Waals surface area contributed by atoms with Crippen LogP contribution < -0.4 is 0 Å². The summed E-state index contributed by atoms with van der Waals surface area (Å²) in [4.78, 5) is 0. The summed E-state index contributed by atoms with van der Waals surface area (Å²) in [7, 11) is 1.77. The van der Waals surface area contributed by atoms with E-state index in [0.29, 0.717) is 11.3 Å². The van der Waals surface area contributed by atoms with Gasteiger partial charge in [-0.25, -0.2) is 0 Å². The fourth-order valence-electron chi connectivity index (χ4n) is 2.80. The van der Waals surface area contributed by atoms with E-state index < -0.39 is 0 Å². The zero-order chi connectivity index (χ0) is 17.2. The molecule has 1 aliphatic heterocycles. The van der Waals surface area contributed by atoms with E-state index in [2.05, 4.69) is 43.9 Å². The topological polar surface area (TPSA) is 24.8 Å². The molecule has 0 aromatic carbocycles. The summed E-state index contributed by atoms with van der Waals surface area (Å²) >= 11 is 1.84. The molecule has 1 heterocycles. The summed E-state index contributed by atoms with van der Waals surface area (Å²) in [6.45, 7) is 4.03. The number of thioether (sulfide) groups is 1. The molecule has 3 rings (SSSR count). The molecule has 0 amide bonds. The molecule has 3 fully saturated rings. The number of rotatable bonds is 6. The Bertz CT molecular complexity index is 363. The van der Waals surface area contributed by atoms with Crippen molar-refractivity contribution in [2.24, 2.45) is 5.10 Å². The third-order valence-corrected chi connectivity index (χ3v) is 5.12. The van der Waals surface area contributed by atoms with Crippen LogP contribution in [-0.2, 0) is 21.8 Å². The minimum Gasteiger partial charge on any atom is -0.382 e. The Hall–Kier alpha value is 0.299. The molecular formula is C20H28FeN2OS+2. The molecule has 0 bridgehead atoms. The minimum atomic E-state index is 0. The summed E-state index contributed by atoms with van der Waals surface area (Å²) in [5, 5.41) is 7.57. The molecule has 0 aromatic heterocycles. The number of hydrogen-bond acceptors (Lipinski definition) is 4. The molecule has 2 atom stereocenters. The van der Waals surface area contributed by atoms with Crippen LogP contribution in [0.1, 0.15) is 19.8 Å². The molecule has 10 radical (unpaired) electrons. The van der Waals surface area contributed by atoms with Gasteiger partial charge in [-0.1, -0.05) is 0 Å². The summed E-state index contributed by atoms with van der Waals surface area (Å²) in [5.74, 6) is 1.24. The van der Waals surface area contributed by atoms with Crippen molar-refractivity contribution in [1.82, 2.24) is 5.01 Å². The molecule has 136 valence electrons. The zero-order valence-electron chi connectivity index (χ0n) is 15.2. The average Bonchev–Trinajstić information content (AvgIpc) is 3.35. The van der Waals surface area contributed by atoms with Crippen LogP contribution >= 0.6 is 11.8 Å². The maximum atomic E-state index is 5.30. The van der Waals surface area contributed by atoms with Gasteiger partial charge in [-0.05, 0) is 83.8 Å². The quantitative estimate of drug-likeness (QED) is 0.503. The first-order valence-electron chi connectivity index (χ1n) is 8.52. The van der Waals surface area contributed by atoms with E-state index in [-0.39, 0.29) is 17.1 Å². The molecule has 0 spiro atoms. The van der Waals surface area contributed by atoms with E-state index in [4.69, 9.17) is 9.84 Å². The van der Waals surface area contributed by atoms with Crippen molar-refractivity contribution < 1.29 is 21.8 Å². The molecular weight excluding hydrogens is 372 g/mol. The van der Waals surface area contributed by atoms with Crippen molar-refractivity contribution in [2.45, 2.75) is 31.1 Å². The van der Waals surface area contributed by atoms with Crippen LogP contribution in [0.4, 0.5) is 0 Å². The molecule has 25 heavy (non-hydrogen) atoms. The third-order valence-electron chi connectivity index (χ3n) is 4.19. The van der Waals surface area contributed by atoms with Crippen molar-refractivity contribution >= 4 is 17.5 Å². The summed E-state index contributed by atoms with van der Waals surface area (Å²) < 4.78 is 5.30. The molecule has 5 heteroatoms. The fourth-order valence-corrected chi connectivity index (χ4v) is 3.21. The van der Waals surface area contributed by atoms with Crippen molar-refractivity contribution in [2.75, 3.05) is 26.5 Å². The van der Waals surface area contributed by atoms with E-state index in [9.17, 15) is 0 Å². The first kappa shape index (κ1) is 23.3. The molecule has 1 saturated heterocycles. The molecule has 3 aliphatic rings. The monoisotopic (exact) mass is 400 g/mol. The Labute approximate surface area is 170 Å². The molecule has 3 nitrogen and oxygen atoms in total. The van der Waals surface area contributed by atoms with E-state index in [1.165, 1.54) is 24.5 Å². The Morgan fingerprint density at radius 1 is 1.20 bits per heavy atom. The van der Waals surface area contributed by atoms with Gasteiger partial charge >= 0.3 is 17.1 Å². The minimum absolute atomic E-state index is 0. The standard InChI is InChI=1S/C15H23N2OS.C5H5.Fe/c1-12(19-3)15(13-7-4-5-8-13)16-17-10-6-9-14(17)11-18-2;1-2-4-5-3-1;/h4-5,7-8,12,14H,6,9-11H2,1-3H3;1-5H;/q;;+2/b16-15+;;/t12-,14+;;/m1../s1. The predicted molar refractivity (Wildman–Crippen MR) is 104 cm³/mol. The number of ether oxygens (including phenoxy) is 1. The van der Waals surface area contributed by atoms with Crippen molar-refractivity contribution in [3.8, 4) is 0 Å². The van der Waals surface area contributed by atoms with Gasteiger partial charge in [-0.3, -0.25) is 5.01 Å². The first-order chi connectivity index (χ1) is 11.8. The Balaban J connectivity index is 0.000000448. The van der Waals surface area contributed by atoms with Crippen LogP contribution in [0, 0.1) is 63.7 Å². The van der Waals surface area contributed by atoms with Crippen LogP contribution in [0.3, 0.4) is 0 Å². The van der Waals surface area contributed by atoms with Crippen LogP contribution in [0.25, 0.3) is 0 Å². The summed E-state index contributed by atoms with van der Waals surface area (Å²) in [6, 6.07) is 0.434. The first-order valence-corrected chi connectivity index (χ1v) is 9.80. The molecule has 0 unspecified atom stereocenters. The Morgan fingerprint density at radius 2 is 1.80 bits per heavy atom. The van der Waals surface area contributed by atoms with Crippen LogP contribution in [0.5, 0.6) is 0 Å². The van der Waals surface area contributed by atoms with Gasteiger partial charge in [0.1, 0.15) is 0 Å². The van der Waals surface area contributed by atoms with Crippen molar-refractivity contribution in [3.05, 3.63) is 63.7 Å². The molecule has 2 saturated carbocycles. The molecule has 0 N–H and O–H groups in total. The van der Waals surface area contributed by atoms with E-state index in [0.717, 1.165) is 13.2 Å². The number of hydrogen-bond donors (Lipinski definition) is 0. The summed E-state index contributed by atoms with van der Waals surface area (Å²) in [6.07, 6.45) is 23.0. The predicted octanol–water partition coefficient (Wildman–Crippen LogP) is 3.63. The number of nitrogens with zero attached hydrogens (tertiary/aromatic N) is 2. The van der Waals surface area contributed by atoms with Gasteiger partial charge in [-0.2, -0.15) is 16.9 Å². The smallest absolute Gasteiger partial charge is 0.382 e. The van der Waals surface area contributed by atoms with Gasteiger partial charge in [-0.15, -0.1) is 0 Å². The van der Waals surface area contributed by atoms with Gasteiger partial charge in [0, 0.05) is 24.8 Å².